The molecule has 0 bridgehead atoms. The van der Waals surface area contributed by atoms with Gasteiger partial charge in [0.1, 0.15) is 23.0 Å². The SMILES string of the molecule is C=CC(=O)N1CCN(c2c(C#N)c(-c3cccc(CN(C)C)c3)nc3c(F)c(-c4ccc(F)c5sc(N)nc45)c(Cl)cc23)CC1C. The molecule has 1 atom stereocenters. The lowest BCUT2D eigenvalue weighted by molar-refractivity contribution is -0.128. The Morgan fingerprint density at radius 1 is 1.22 bits per heavy atom. The first kappa shape index (κ1) is 31.4. The number of nitrogens with two attached hydrogens (primary N) is 1. The maximum atomic E-state index is 17.0. The van der Waals surface area contributed by atoms with Crippen molar-refractivity contribution in [2.45, 2.75) is 19.5 Å². The normalized spacial score (nSPS) is 15.1. The number of nitrogen functional groups attached to an aromatic ring is 1. The maximum absolute atomic E-state index is 17.0. The summed E-state index contributed by atoms with van der Waals surface area (Å²) < 4.78 is 31.9. The monoisotopic (exact) mass is 657 g/mol. The third-order valence-electron chi connectivity index (χ3n) is 8.14. The van der Waals surface area contributed by atoms with Crippen LogP contribution in [0.15, 0.2) is 55.1 Å². The van der Waals surface area contributed by atoms with Gasteiger partial charge in [-0.25, -0.2) is 18.7 Å². The van der Waals surface area contributed by atoms with Crippen LogP contribution in [0.2, 0.25) is 5.02 Å². The molecule has 234 valence electrons. The Kier molecular flexibility index (Phi) is 8.37. The van der Waals surface area contributed by atoms with Gasteiger partial charge in [-0.2, -0.15) is 5.26 Å². The molecule has 1 aliphatic rings. The summed E-state index contributed by atoms with van der Waals surface area (Å²) in [6.07, 6.45) is 1.28. The zero-order valence-electron chi connectivity index (χ0n) is 25.4. The summed E-state index contributed by atoms with van der Waals surface area (Å²) in [6.45, 7) is 7.32. The number of rotatable bonds is 6. The Labute approximate surface area is 273 Å². The molecule has 12 heteroatoms. The van der Waals surface area contributed by atoms with Crippen molar-refractivity contribution in [1.29, 1.82) is 5.26 Å². The molecule has 1 amide bonds. The molecule has 2 N–H and O–H groups in total. The van der Waals surface area contributed by atoms with E-state index < -0.39 is 11.6 Å². The van der Waals surface area contributed by atoms with E-state index in [2.05, 4.69) is 17.6 Å². The summed E-state index contributed by atoms with van der Waals surface area (Å²) in [7, 11) is 3.92. The van der Waals surface area contributed by atoms with Crippen LogP contribution in [-0.2, 0) is 11.3 Å². The van der Waals surface area contributed by atoms with E-state index in [-0.39, 0.29) is 54.5 Å². The molecule has 1 saturated heterocycles. The van der Waals surface area contributed by atoms with Crippen molar-refractivity contribution in [3.05, 3.63) is 82.9 Å². The van der Waals surface area contributed by atoms with Crippen molar-refractivity contribution in [3.8, 4) is 28.5 Å². The molecule has 5 aromatic rings. The number of amides is 1. The molecule has 3 heterocycles. The molecule has 2 aromatic heterocycles. The Morgan fingerprint density at radius 2 is 2.00 bits per heavy atom. The minimum atomic E-state index is -0.730. The minimum Gasteiger partial charge on any atom is -0.375 e. The number of anilines is 2. The number of benzene rings is 3. The summed E-state index contributed by atoms with van der Waals surface area (Å²) in [4.78, 5) is 27.3. The van der Waals surface area contributed by atoms with Gasteiger partial charge in [0.15, 0.2) is 10.9 Å². The van der Waals surface area contributed by atoms with Crippen LogP contribution in [0.5, 0.6) is 0 Å². The van der Waals surface area contributed by atoms with Crippen molar-refractivity contribution in [2.24, 2.45) is 0 Å². The summed E-state index contributed by atoms with van der Waals surface area (Å²) >= 11 is 7.82. The highest BCUT2D eigenvalue weighted by molar-refractivity contribution is 7.22. The number of thiazole rings is 1. The molecule has 0 spiro atoms. The van der Waals surface area contributed by atoms with Gasteiger partial charge in [-0.15, -0.1) is 0 Å². The van der Waals surface area contributed by atoms with E-state index in [4.69, 9.17) is 22.3 Å². The second kappa shape index (κ2) is 12.3. The summed E-state index contributed by atoms with van der Waals surface area (Å²) in [5.74, 6) is -1.43. The largest absolute Gasteiger partial charge is 0.375 e. The van der Waals surface area contributed by atoms with Crippen LogP contribution in [0.1, 0.15) is 18.1 Å². The molecule has 6 rings (SSSR count). The fraction of sp³-hybridized carbons (Fsp3) is 0.235. The first-order chi connectivity index (χ1) is 22.0. The van der Waals surface area contributed by atoms with Crippen LogP contribution >= 0.6 is 22.9 Å². The number of hydrogen-bond acceptors (Lipinski definition) is 8. The quantitative estimate of drug-likeness (QED) is 0.199. The van der Waals surface area contributed by atoms with E-state index in [1.165, 1.54) is 18.2 Å². The fourth-order valence-corrected chi connectivity index (χ4v) is 7.24. The van der Waals surface area contributed by atoms with E-state index in [0.29, 0.717) is 48.5 Å². The number of piperazine rings is 1. The predicted octanol–water partition coefficient (Wildman–Crippen LogP) is 6.85. The number of aromatic nitrogens is 2. The number of hydrogen-bond donors (Lipinski definition) is 1. The van der Waals surface area contributed by atoms with E-state index in [9.17, 15) is 14.4 Å². The number of carbonyl (C=O) groups is 1. The number of nitrogens with zero attached hydrogens (tertiary/aromatic N) is 6. The zero-order valence-corrected chi connectivity index (χ0v) is 27.0. The lowest BCUT2D eigenvalue weighted by atomic mass is 9.95. The topological polar surface area (TPSA) is 102 Å². The van der Waals surface area contributed by atoms with Crippen LogP contribution in [0, 0.1) is 23.0 Å². The van der Waals surface area contributed by atoms with Gasteiger partial charge in [-0.05, 0) is 56.9 Å². The zero-order chi connectivity index (χ0) is 32.9. The molecular formula is C34H30ClF2N7OS. The highest BCUT2D eigenvalue weighted by atomic mass is 35.5. The van der Waals surface area contributed by atoms with Crippen molar-refractivity contribution in [2.75, 3.05) is 44.4 Å². The van der Waals surface area contributed by atoms with Crippen LogP contribution in [0.4, 0.5) is 19.6 Å². The number of nitriles is 1. The van der Waals surface area contributed by atoms with Gasteiger partial charge in [0.05, 0.1) is 26.6 Å². The van der Waals surface area contributed by atoms with Gasteiger partial charge in [-0.3, -0.25) is 4.79 Å². The molecule has 1 fully saturated rings. The highest BCUT2D eigenvalue weighted by Crippen LogP contribution is 2.45. The summed E-state index contributed by atoms with van der Waals surface area (Å²) in [5, 5.41) is 11.2. The van der Waals surface area contributed by atoms with Crippen LogP contribution in [0.25, 0.3) is 43.5 Å². The molecule has 1 unspecified atom stereocenters. The van der Waals surface area contributed by atoms with E-state index in [1.54, 1.807) is 11.0 Å². The Balaban J connectivity index is 1.64. The third-order valence-corrected chi connectivity index (χ3v) is 9.33. The number of pyridine rings is 1. The van der Waals surface area contributed by atoms with Gasteiger partial charge in [0.2, 0.25) is 5.91 Å². The molecule has 8 nitrogen and oxygen atoms in total. The Bertz CT molecular complexity index is 2090. The van der Waals surface area contributed by atoms with Gasteiger partial charge >= 0.3 is 0 Å². The first-order valence-corrected chi connectivity index (χ1v) is 15.7. The summed E-state index contributed by atoms with van der Waals surface area (Å²) in [6, 6.07) is 14.0. The molecule has 0 saturated carbocycles. The van der Waals surface area contributed by atoms with Gasteiger partial charge in [0, 0.05) is 54.3 Å². The average molecular weight is 658 g/mol. The van der Waals surface area contributed by atoms with Crippen molar-refractivity contribution < 1.29 is 13.6 Å². The van der Waals surface area contributed by atoms with Crippen molar-refractivity contribution in [3.63, 3.8) is 0 Å². The van der Waals surface area contributed by atoms with Crippen molar-refractivity contribution in [1.82, 2.24) is 19.8 Å². The number of fused-ring (bicyclic) bond motifs is 2. The van der Waals surface area contributed by atoms with Crippen LogP contribution in [0.3, 0.4) is 0 Å². The molecular weight excluding hydrogens is 628 g/mol. The van der Waals surface area contributed by atoms with E-state index in [0.717, 1.165) is 16.9 Å². The van der Waals surface area contributed by atoms with E-state index >= 15 is 4.39 Å². The van der Waals surface area contributed by atoms with Gasteiger partial charge < -0.3 is 20.4 Å². The van der Waals surface area contributed by atoms with Crippen LogP contribution in [-0.4, -0.2) is 65.4 Å². The Morgan fingerprint density at radius 3 is 2.70 bits per heavy atom. The van der Waals surface area contributed by atoms with Gasteiger partial charge in [0.25, 0.3) is 0 Å². The third kappa shape index (κ3) is 5.42. The predicted molar refractivity (Wildman–Crippen MR) is 181 cm³/mol. The van der Waals surface area contributed by atoms with Crippen LogP contribution < -0.4 is 10.6 Å². The molecule has 46 heavy (non-hydrogen) atoms. The molecule has 0 aliphatic carbocycles. The molecule has 0 radical (unpaired) electrons. The van der Waals surface area contributed by atoms with Crippen molar-refractivity contribution >= 4 is 60.8 Å². The average Bonchev–Trinajstić information content (AvgIpc) is 3.43. The lowest BCUT2D eigenvalue weighted by Crippen LogP contribution is -2.54. The first-order valence-electron chi connectivity index (χ1n) is 14.5. The Hall–Kier alpha value is -4.63. The smallest absolute Gasteiger partial charge is 0.246 e. The molecule has 1 aliphatic heterocycles. The minimum absolute atomic E-state index is 0.000611. The maximum Gasteiger partial charge on any atom is 0.246 e. The molecule has 3 aromatic carbocycles. The number of halogens is 3. The second-order valence-electron chi connectivity index (χ2n) is 11.5. The van der Waals surface area contributed by atoms with E-state index in [1.807, 2.05) is 55.1 Å². The summed E-state index contributed by atoms with van der Waals surface area (Å²) in [5.41, 5.74) is 9.11. The standard InChI is InChI=1S/C34H30ClF2N7OS/c1-5-26(45)44-12-11-43(16-18(44)2)32-22-14-24(35)27(21-9-10-25(36)33-31(21)41-34(39)46-33)28(37)30(22)40-29(23(32)15-38)20-8-6-7-19(13-20)17-42(3)4/h5-10,13-14,18H,1,11-12,16-17H2,2-4H3,(H2,39,41). The number of carbonyl (C=O) groups excluding carboxylic acids is 1. The fourth-order valence-electron chi connectivity index (χ4n) is 6.18. The van der Waals surface area contributed by atoms with Gasteiger partial charge in [-0.1, -0.05) is 47.7 Å². The second-order valence-corrected chi connectivity index (χ2v) is 13.0. The highest BCUT2D eigenvalue weighted by Gasteiger charge is 2.32. The lowest BCUT2D eigenvalue weighted by Gasteiger charge is -2.41.